The average molecular weight is 310 g/mol. The van der Waals surface area contributed by atoms with Gasteiger partial charge in [-0.2, -0.15) is 5.10 Å². The summed E-state index contributed by atoms with van der Waals surface area (Å²) in [5.74, 6) is -0.767. The van der Waals surface area contributed by atoms with Crippen LogP contribution in [-0.4, -0.2) is 26.6 Å². The Morgan fingerprint density at radius 1 is 1.38 bits per heavy atom. The number of nitrogens with zero attached hydrogens (tertiary/aromatic N) is 2. The van der Waals surface area contributed by atoms with Crippen LogP contribution in [0.15, 0.2) is 35.4 Å². The highest BCUT2D eigenvalue weighted by molar-refractivity contribution is 7.84. The van der Waals surface area contributed by atoms with Crippen LogP contribution in [0.5, 0.6) is 0 Å². The highest BCUT2D eigenvalue weighted by Gasteiger charge is 2.19. The molecule has 0 N–H and O–H groups in total. The minimum absolute atomic E-state index is 0.107. The van der Waals surface area contributed by atoms with Crippen LogP contribution >= 0.6 is 0 Å². The molecule has 0 aliphatic carbocycles. The second kappa shape index (κ2) is 6.62. The molecule has 5 nitrogen and oxygen atoms in total. The van der Waals surface area contributed by atoms with Gasteiger partial charge in [-0.1, -0.05) is 0 Å². The molecular formula is C14H15FN2O3S. The normalized spacial score (nSPS) is 12.1. The summed E-state index contributed by atoms with van der Waals surface area (Å²) in [5.41, 5.74) is 0.825. The van der Waals surface area contributed by atoms with Gasteiger partial charge in [0.15, 0.2) is 0 Å². The topological polar surface area (TPSA) is 61.2 Å². The van der Waals surface area contributed by atoms with Crippen molar-refractivity contribution < 1.29 is 18.1 Å². The monoisotopic (exact) mass is 310 g/mol. The van der Waals surface area contributed by atoms with Gasteiger partial charge in [-0.3, -0.25) is 8.89 Å². The maximum Gasteiger partial charge on any atom is 0.341 e. The molecule has 0 fully saturated rings. The lowest BCUT2D eigenvalue weighted by Crippen LogP contribution is -2.11. The third kappa shape index (κ3) is 3.55. The van der Waals surface area contributed by atoms with E-state index in [-0.39, 0.29) is 18.2 Å². The maximum absolute atomic E-state index is 12.9. The van der Waals surface area contributed by atoms with E-state index in [1.54, 1.807) is 14.0 Å². The summed E-state index contributed by atoms with van der Waals surface area (Å²) >= 11 is 0. The van der Waals surface area contributed by atoms with E-state index in [1.165, 1.54) is 35.1 Å². The van der Waals surface area contributed by atoms with E-state index in [2.05, 4.69) is 5.10 Å². The lowest BCUT2D eigenvalue weighted by atomic mass is 10.3. The Hall–Kier alpha value is -2.02. The zero-order valence-electron chi connectivity index (χ0n) is 11.7. The van der Waals surface area contributed by atoms with Crippen molar-refractivity contribution in [2.24, 2.45) is 7.05 Å². The molecule has 0 aliphatic heterocycles. The molecule has 0 aliphatic rings. The van der Waals surface area contributed by atoms with Gasteiger partial charge in [0.1, 0.15) is 11.4 Å². The lowest BCUT2D eigenvalue weighted by molar-refractivity contribution is 0.0525. The van der Waals surface area contributed by atoms with Gasteiger partial charge in [-0.25, -0.2) is 9.18 Å². The van der Waals surface area contributed by atoms with Gasteiger partial charge in [0.05, 0.1) is 35.1 Å². The molecule has 0 bridgehead atoms. The number of halogens is 1. The van der Waals surface area contributed by atoms with Gasteiger partial charge >= 0.3 is 5.97 Å². The number of aryl methyl sites for hydroxylation is 1. The molecule has 1 aromatic carbocycles. The van der Waals surface area contributed by atoms with Crippen molar-refractivity contribution in [2.75, 3.05) is 6.61 Å². The standard InChI is InChI=1S/C14H15FN2O3S/c1-3-20-14(18)12-8-16-17(2)13(12)9-21(19)11-6-4-10(15)5-7-11/h4-8H,3,9H2,1-2H3. The van der Waals surface area contributed by atoms with Crippen LogP contribution in [0.3, 0.4) is 0 Å². The van der Waals surface area contributed by atoms with Crippen LogP contribution in [0, 0.1) is 5.82 Å². The molecule has 2 rings (SSSR count). The van der Waals surface area contributed by atoms with Crippen molar-refractivity contribution >= 4 is 16.8 Å². The lowest BCUT2D eigenvalue weighted by Gasteiger charge is -2.06. The van der Waals surface area contributed by atoms with Gasteiger partial charge in [0, 0.05) is 11.9 Å². The number of rotatable bonds is 5. The van der Waals surface area contributed by atoms with E-state index in [9.17, 15) is 13.4 Å². The van der Waals surface area contributed by atoms with Crippen molar-refractivity contribution in [3.05, 3.63) is 47.5 Å². The molecule has 1 aromatic heterocycles. The first-order chi connectivity index (χ1) is 10.0. The number of hydrogen-bond acceptors (Lipinski definition) is 4. The van der Waals surface area contributed by atoms with E-state index in [0.717, 1.165) is 0 Å². The third-order valence-corrected chi connectivity index (χ3v) is 4.23. The van der Waals surface area contributed by atoms with Crippen molar-refractivity contribution in [2.45, 2.75) is 17.6 Å². The van der Waals surface area contributed by atoms with Gasteiger partial charge in [-0.15, -0.1) is 0 Å². The zero-order valence-corrected chi connectivity index (χ0v) is 12.5. The molecule has 1 heterocycles. The summed E-state index contributed by atoms with van der Waals surface area (Å²) in [7, 11) is 0.269. The number of aromatic nitrogens is 2. The number of hydrogen-bond donors (Lipinski definition) is 0. The quantitative estimate of drug-likeness (QED) is 0.793. The van der Waals surface area contributed by atoms with E-state index in [1.807, 2.05) is 0 Å². The minimum atomic E-state index is -1.40. The highest BCUT2D eigenvalue weighted by atomic mass is 32.2. The average Bonchev–Trinajstić information content (AvgIpc) is 2.81. The van der Waals surface area contributed by atoms with Gasteiger partial charge in [0.2, 0.25) is 0 Å². The number of esters is 1. The fraction of sp³-hybridized carbons (Fsp3) is 0.286. The fourth-order valence-corrected chi connectivity index (χ4v) is 3.00. The molecule has 0 amide bonds. The van der Waals surface area contributed by atoms with Crippen molar-refractivity contribution in [3.63, 3.8) is 0 Å². The molecular weight excluding hydrogens is 295 g/mol. The Bertz CT molecular complexity index is 667. The molecule has 0 radical (unpaired) electrons. The first-order valence-corrected chi connectivity index (χ1v) is 7.66. The Kier molecular flexibility index (Phi) is 4.85. The van der Waals surface area contributed by atoms with Crippen LogP contribution in [0.1, 0.15) is 23.0 Å². The predicted octanol–water partition coefficient (Wildman–Crippen LogP) is 2.04. The Morgan fingerprint density at radius 3 is 2.67 bits per heavy atom. The largest absolute Gasteiger partial charge is 0.462 e. The molecule has 0 saturated carbocycles. The highest BCUT2D eigenvalue weighted by Crippen LogP contribution is 2.16. The molecule has 112 valence electrons. The Balaban J connectivity index is 2.23. The van der Waals surface area contributed by atoms with Crippen molar-refractivity contribution in [1.82, 2.24) is 9.78 Å². The minimum Gasteiger partial charge on any atom is -0.462 e. The first kappa shape index (κ1) is 15.4. The van der Waals surface area contributed by atoms with Crippen LogP contribution in [-0.2, 0) is 28.3 Å². The van der Waals surface area contributed by atoms with Crippen LogP contribution < -0.4 is 0 Å². The summed E-state index contributed by atoms with van der Waals surface area (Å²) in [6, 6.07) is 5.43. The van der Waals surface area contributed by atoms with E-state index in [0.29, 0.717) is 16.2 Å². The van der Waals surface area contributed by atoms with Gasteiger partial charge in [-0.05, 0) is 31.2 Å². The van der Waals surface area contributed by atoms with Crippen LogP contribution in [0.4, 0.5) is 4.39 Å². The van der Waals surface area contributed by atoms with Gasteiger partial charge < -0.3 is 4.74 Å². The van der Waals surface area contributed by atoms with Crippen molar-refractivity contribution in [1.29, 1.82) is 0 Å². The first-order valence-electron chi connectivity index (χ1n) is 6.35. The molecule has 1 atom stereocenters. The van der Waals surface area contributed by atoms with Crippen LogP contribution in [0.2, 0.25) is 0 Å². The second-order valence-electron chi connectivity index (χ2n) is 4.29. The van der Waals surface area contributed by atoms with E-state index in [4.69, 9.17) is 4.74 Å². The number of carbonyl (C=O) groups excluding carboxylic acids is 1. The van der Waals surface area contributed by atoms with E-state index >= 15 is 0 Å². The summed E-state index contributed by atoms with van der Waals surface area (Å²) in [6.45, 7) is 1.97. The Labute approximate surface area is 124 Å². The SMILES string of the molecule is CCOC(=O)c1cnn(C)c1CS(=O)c1ccc(F)cc1. The molecule has 1 unspecified atom stereocenters. The summed E-state index contributed by atoms with van der Waals surface area (Å²) in [6.07, 6.45) is 1.40. The maximum atomic E-state index is 12.9. The molecule has 2 aromatic rings. The number of benzene rings is 1. The summed E-state index contributed by atoms with van der Waals surface area (Å²) < 4.78 is 31.6. The van der Waals surface area contributed by atoms with Crippen LogP contribution in [0.25, 0.3) is 0 Å². The zero-order chi connectivity index (χ0) is 15.4. The van der Waals surface area contributed by atoms with Gasteiger partial charge in [0.25, 0.3) is 0 Å². The molecule has 0 saturated heterocycles. The Morgan fingerprint density at radius 2 is 2.05 bits per heavy atom. The summed E-state index contributed by atoms with van der Waals surface area (Å²) in [4.78, 5) is 12.3. The summed E-state index contributed by atoms with van der Waals surface area (Å²) in [5, 5.41) is 4.00. The van der Waals surface area contributed by atoms with Crippen molar-refractivity contribution in [3.8, 4) is 0 Å². The predicted molar refractivity (Wildman–Crippen MR) is 75.7 cm³/mol. The molecule has 21 heavy (non-hydrogen) atoms. The second-order valence-corrected chi connectivity index (χ2v) is 5.74. The number of ether oxygens (including phenoxy) is 1. The molecule has 7 heteroatoms. The third-order valence-electron chi connectivity index (χ3n) is 2.90. The number of carbonyl (C=O) groups is 1. The smallest absolute Gasteiger partial charge is 0.341 e. The molecule has 0 spiro atoms. The van der Waals surface area contributed by atoms with E-state index < -0.39 is 16.8 Å². The fourth-order valence-electron chi connectivity index (χ4n) is 1.81.